The molecular weight excluding hydrogens is 248 g/mol. The second kappa shape index (κ2) is 4.88. The summed E-state index contributed by atoms with van der Waals surface area (Å²) in [4.78, 5) is 20.1. The molecular formula is C13H18N2O2S. The van der Waals surface area contributed by atoms with E-state index in [1.54, 1.807) is 0 Å². The van der Waals surface area contributed by atoms with Crippen LogP contribution in [-0.4, -0.2) is 27.3 Å². The molecule has 0 radical (unpaired) electrons. The largest absolute Gasteiger partial charge is 0.481 e. The first kappa shape index (κ1) is 13.3. The van der Waals surface area contributed by atoms with Gasteiger partial charge in [0.05, 0.1) is 5.41 Å². The van der Waals surface area contributed by atoms with Gasteiger partial charge < -0.3 is 5.11 Å². The molecule has 1 saturated carbocycles. The lowest BCUT2D eigenvalue weighted by Gasteiger charge is -2.18. The van der Waals surface area contributed by atoms with E-state index in [9.17, 15) is 9.90 Å². The van der Waals surface area contributed by atoms with Crippen LogP contribution in [0.3, 0.4) is 0 Å². The molecule has 2 rings (SSSR count). The van der Waals surface area contributed by atoms with E-state index < -0.39 is 11.4 Å². The topological polar surface area (TPSA) is 63.1 Å². The Hall–Kier alpha value is -1.10. The zero-order valence-corrected chi connectivity index (χ0v) is 11.8. The van der Waals surface area contributed by atoms with Crippen LogP contribution < -0.4 is 0 Å². The summed E-state index contributed by atoms with van der Waals surface area (Å²) in [5, 5.41) is 10.0. The molecule has 1 aromatic rings. The molecule has 0 aromatic carbocycles. The van der Waals surface area contributed by atoms with Crippen molar-refractivity contribution in [3.05, 3.63) is 17.5 Å². The summed E-state index contributed by atoms with van der Waals surface area (Å²) in [6.07, 6.45) is 4.25. The van der Waals surface area contributed by atoms with E-state index in [2.05, 4.69) is 9.97 Å². The second-order valence-electron chi connectivity index (χ2n) is 5.23. The van der Waals surface area contributed by atoms with Gasteiger partial charge in [0.25, 0.3) is 0 Å². The molecule has 0 bridgehead atoms. The lowest BCUT2D eigenvalue weighted by Crippen LogP contribution is -2.23. The van der Waals surface area contributed by atoms with Crippen molar-refractivity contribution in [2.75, 3.05) is 6.26 Å². The third kappa shape index (κ3) is 2.51. The second-order valence-corrected chi connectivity index (χ2v) is 6.00. The first-order valence-electron chi connectivity index (χ1n) is 6.07. The molecule has 4 nitrogen and oxygen atoms in total. The highest BCUT2D eigenvalue weighted by molar-refractivity contribution is 7.98. The molecule has 1 N–H and O–H groups in total. The van der Waals surface area contributed by atoms with Gasteiger partial charge in [0.1, 0.15) is 0 Å². The molecule has 0 aliphatic heterocycles. The Balaban J connectivity index is 2.24. The molecule has 0 amide bonds. The average molecular weight is 266 g/mol. The Morgan fingerprint density at radius 3 is 2.83 bits per heavy atom. The van der Waals surface area contributed by atoms with Crippen LogP contribution in [0.2, 0.25) is 0 Å². The van der Waals surface area contributed by atoms with Crippen LogP contribution in [-0.2, 0) is 4.79 Å². The predicted molar refractivity (Wildman–Crippen MR) is 70.9 cm³/mol. The standard InChI is InChI=1S/C13H18N2O2S/c1-8-6-10(15-12(14-8)18-3)9-4-5-13(2,7-9)11(16)17/h6,9H,4-5,7H2,1-3H3,(H,16,17). The highest BCUT2D eigenvalue weighted by Gasteiger charge is 2.42. The molecule has 1 aromatic heterocycles. The van der Waals surface area contributed by atoms with Gasteiger partial charge in [0.15, 0.2) is 5.16 Å². The van der Waals surface area contributed by atoms with E-state index >= 15 is 0 Å². The van der Waals surface area contributed by atoms with Crippen LogP contribution >= 0.6 is 11.8 Å². The van der Waals surface area contributed by atoms with Gasteiger partial charge in [0, 0.05) is 17.3 Å². The summed E-state index contributed by atoms with van der Waals surface area (Å²) >= 11 is 1.52. The van der Waals surface area contributed by atoms with Crippen molar-refractivity contribution in [3.8, 4) is 0 Å². The highest BCUT2D eigenvalue weighted by atomic mass is 32.2. The fourth-order valence-corrected chi connectivity index (χ4v) is 2.98. The molecule has 18 heavy (non-hydrogen) atoms. The minimum atomic E-state index is -0.694. The number of aromatic nitrogens is 2. The number of aliphatic carboxylic acids is 1. The van der Waals surface area contributed by atoms with Crippen LogP contribution in [0.25, 0.3) is 0 Å². The Morgan fingerprint density at radius 2 is 2.28 bits per heavy atom. The monoisotopic (exact) mass is 266 g/mol. The van der Waals surface area contributed by atoms with E-state index in [0.717, 1.165) is 29.4 Å². The summed E-state index contributed by atoms with van der Waals surface area (Å²) in [5.74, 6) is -0.445. The van der Waals surface area contributed by atoms with Gasteiger partial charge in [-0.05, 0) is 45.4 Å². The number of hydrogen-bond donors (Lipinski definition) is 1. The molecule has 98 valence electrons. The molecule has 2 unspecified atom stereocenters. The smallest absolute Gasteiger partial charge is 0.309 e. The third-order valence-electron chi connectivity index (χ3n) is 3.71. The van der Waals surface area contributed by atoms with Crippen LogP contribution in [0.5, 0.6) is 0 Å². The average Bonchev–Trinajstić information content (AvgIpc) is 2.72. The van der Waals surface area contributed by atoms with Crippen molar-refractivity contribution in [1.29, 1.82) is 0 Å². The molecule has 0 spiro atoms. The van der Waals surface area contributed by atoms with Crippen molar-refractivity contribution in [2.24, 2.45) is 5.41 Å². The van der Waals surface area contributed by atoms with E-state index in [4.69, 9.17) is 0 Å². The van der Waals surface area contributed by atoms with Gasteiger partial charge in [-0.3, -0.25) is 4.79 Å². The lowest BCUT2D eigenvalue weighted by atomic mass is 9.87. The van der Waals surface area contributed by atoms with Crippen molar-refractivity contribution >= 4 is 17.7 Å². The lowest BCUT2D eigenvalue weighted by molar-refractivity contribution is -0.147. The number of carbonyl (C=O) groups is 1. The zero-order chi connectivity index (χ0) is 13.3. The Bertz CT molecular complexity index is 478. The van der Waals surface area contributed by atoms with E-state index in [0.29, 0.717) is 6.42 Å². The highest BCUT2D eigenvalue weighted by Crippen LogP contribution is 2.46. The minimum Gasteiger partial charge on any atom is -0.481 e. The van der Waals surface area contributed by atoms with Crippen LogP contribution in [0.1, 0.15) is 43.5 Å². The number of aryl methyl sites for hydroxylation is 1. The van der Waals surface area contributed by atoms with Crippen molar-refractivity contribution in [3.63, 3.8) is 0 Å². The number of carboxylic acids is 1. The normalized spacial score (nSPS) is 27.4. The molecule has 2 atom stereocenters. The summed E-state index contributed by atoms with van der Waals surface area (Å²) in [6, 6.07) is 1.98. The van der Waals surface area contributed by atoms with E-state index in [1.807, 2.05) is 26.2 Å². The molecule has 1 aliphatic rings. The van der Waals surface area contributed by atoms with E-state index in [-0.39, 0.29) is 5.92 Å². The van der Waals surface area contributed by atoms with Gasteiger partial charge in [-0.15, -0.1) is 0 Å². The molecule has 0 saturated heterocycles. The summed E-state index contributed by atoms with van der Waals surface area (Å²) < 4.78 is 0. The van der Waals surface area contributed by atoms with Crippen LogP contribution in [0.4, 0.5) is 0 Å². The van der Waals surface area contributed by atoms with Crippen LogP contribution in [0.15, 0.2) is 11.2 Å². The maximum atomic E-state index is 11.3. The third-order valence-corrected chi connectivity index (χ3v) is 4.26. The number of hydrogen-bond acceptors (Lipinski definition) is 4. The molecule has 1 heterocycles. The van der Waals surface area contributed by atoms with Crippen molar-refractivity contribution in [1.82, 2.24) is 9.97 Å². The quantitative estimate of drug-likeness (QED) is 0.673. The molecule has 1 aliphatic carbocycles. The number of nitrogens with zero attached hydrogens (tertiary/aromatic N) is 2. The number of carboxylic acid groups (broad SMARTS) is 1. The van der Waals surface area contributed by atoms with Gasteiger partial charge in [-0.1, -0.05) is 11.8 Å². The van der Waals surface area contributed by atoms with Crippen LogP contribution in [0, 0.1) is 12.3 Å². The molecule has 1 fully saturated rings. The fraction of sp³-hybridized carbons (Fsp3) is 0.615. The predicted octanol–water partition coefficient (Wildman–Crippen LogP) is 2.87. The van der Waals surface area contributed by atoms with Gasteiger partial charge in [-0.2, -0.15) is 0 Å². The first-order valence-corrected chi connectivity index (χ1v) is 7.30. The van der Waals surface area contributed by atoms with Crippen molar-refractivity contribution < 1.29 is 9.90 Å². The summed E-state index contributed by atoms with van der Waals surface area (Å²) in [7, 11) is 0. The van der Waals surface area contributed by atoms with Crippen molar-refractivity contribution in [2.45, 2.75) is 44.2 Å². The zero-order valence-electron chi connectivity index (χ0n) is 10.9. The Morgan fingerprint density at radius 1 is 1.56 bits per heavy atom. The fourth-order valence-electron chi connectivity index (χ4n) is 2.55. The van der Waals surface area contributed by atoms with E-state index in [1.165, 1.54) is 11.8 Å². The Labute approximate surface area is 111 Å². The SMILES string of the molecule is CSc1nc(C)cc(C2CCC(C)(C(=O)O)C2)n1. The van der Waals surface area contributed by atoms with Gasteiger partial charge in [0.2, 0.25) is 0 Å². The first-order chi connectivity index (χ1) is 8.44. The summed E-state index contributed by atoms with van der Waals surface area (Å²) in [6.45, 7) is 3.79. The number of rotatable bonds is 3. The Kier molecular flexibility index (Phi) is 3.61. The maximum absolute atomic E-state index is 11.3. The number of thioether (sulfide) groups is 1. The van der Waals surface area contributed by atoms with Gasteiger partial charge in [-0.25, -0.2) is 9.97 Å². The minimum absolute atomic E-state index is 0.249. The van der Waals surface area contributed by atoms with Gasteiger partial charge >= 0.3 is 5.97 Å². The summed E-state index contributed by atoms with van der Waals surface area (Å²) in [5.41, 5.74) is 1.35. The molecule has 5 heteroatoms. The maximum Gasteiger partial charge on any atom is 0.309 e.